The number of hydrogen-bond acceptors (Lipinski definition) is 9. The zero-order valence-electron chi connectivity index (χ0n) is 21.6. The number of nitrogens with one attached hydrogen (secondary N) is 1. The SMILES string of the molecule is CC(=O)c1c(O)c(C)c(O)c2c1OC1=CC(=O)C(=C(C)NCc3cccc(-c4nc(C)cs4)c3)C(=O)[C@@]12C. The Morgan fingerprint density at radius 1 is 1.16 bits per heavy atom. The second-order valence-corrected chi connectivity index (χ2v) is 10.6. The van der Waals surface area contributed by atoms with Crippen LogP contribution in [0.4, 0.5) is 0 Å². The molecule has 0 unspecified atom stereocenters. The molecule has 1 atom stereocenters. The molecule has 0 amide bonds. The van der Waals surface area contributed by atoms with E-state index in [0.29, 0.717) is 12.2 Å². The van der Waals surface area contributed by atoms with Crippen molar-refractivity contribution in [2.45, 2.75) is 46.6 Å². The van der Waals surface area contributed by atoms with Gasteiger partial charge in [-0.3, -0.25) is 14.4 Å². The van der Waals surface area contributed by atoms with Crippen molar-refractivity contribution >= 4 is 28.7 Å². The molecule has 8 nitrogen and oxygen atoms in total. The first-order valence-electron chi connectivity index (χ1n) is 12.0. The number of nitrogens with zero attached hydrogens (tertiary/aromatic N) is 1. The molecule has 5 rings (SSSR count). The topological polar surface area (TPSA) is 126 Å². The van der Waals surface area contributed by atoms with Gasteiger partial charge >= 0.3 is 0 Å². The van der Waals surface area contributed by atoms with Gasteiger partial charge in [-0.2, -0.15) is 0 Å². The second-order valence-electron chi connectivity index (χ2n) is 9.73. The quantitative estimate of drug-likeness (QED) is 0.244. The van der Waals surface area contributed by atoms with Crippen LogP contribution in [0.1, 0.15) is 53.5 Å². The lowest BCUT2D eigenvalue weighted by Crippen LogP contribution is -2.41. The molecule has 1 aliphatic heterocycles. The van der Waals surface area contributed by atoms with Gasteiger partial charge in [0.25, 0.3) is 0 Å². The first-order valence-corrected chi connectivity index (χ1v) is 12.9. The molecular weight excluding hydrogens is 504 g/mol. The smallest absolute Gasteiger partial charge is 0.194 e. The van der Waals surface area contributed by atoms with Gasteiger partial charge in [0.2, 0.25) is 0 Å². The molecule has 38 heavy (non-hydrogen) atoms. The normalized spacial score (nSPS) is 19.4. The number of aromatic hydroxyl groups is 2. The fourth-order valence-corrected chi connectivity index (χ4v) is 5.78. The summed E-state index contributed by atoms with van der Waals surface area (Å²) >= 11 is 1.56. The molecule has 2 heterocycles. The maximum absolute atomic E-state index is 13.9. The van der Waals surface area contributed by atoms with Crippen LogP contribution < -0.4 is 10.1 Å². The molecular formula is C29H26N2O6S. The van der Waals surface area contributed by atoms with Crippen LogP contribution in [0.5, 0.6) is 17.2 Å². The minimum absolute atomic E-state index is 0.00768. The van der Waals surface area contributed by atoms with Gasteiger partial charge in [0.05, 0.1) is 11.1 Å². The lowest BCUT2D eigenvalue weighted by atomic mass is 9.70. The first kappa shape index (κ1) is 25.4. The molecule has 1 aliphatic carbocycles. The van der Waals surface area contributed by atoms with E-state index in [-0.39, 0.29) is 39.5 Å². The highest BCUT2D eigenvalue weighted by atomic mass is 32.1. The van der Waals surface area contributed by atoms with E-state index in [0.717, 1.165) is 21.8 Å². The van der Waals surface area contributed by atoms with E-state index < -0.39 is 28.5 Å². The van der Waals surface area contributed by atoms with Crippen molar-refractivity contribution in [3.05, 3.63) is 80.7 Å². The number of allylic oxidation sites excluding steroid dienone is 4. The molecule has 0 saturated heterocycles. The number of benzene rings is 2. The highest BCUT2D eigenvalue weighted by Crippen LogP contribution is 2.57. The molecule has 2 aromatic carbocycles. The Morgan fingerprint density at radius 3 is 2.55 bits per heavy atom. The number of ketones is 3. The van der Waals surface area contributed by atoms with Crippen LogP contribution in [0.2, 0.25) is 0 Å². The largest absolute Gasteiger partial charge is 0.507 e. The number of fused-ring (bicyclic) bond motifs is 3. The lowest BCUT2D eigenvalue weighted by molar-refractivity contribution is -0.123. The number of rotatable bonds is 5. The fraction of sp³-hybridized carbons (Fsp3) is 0.241. The van der Waals surface area contributed by atoms with Gasteiger partial charge in [-0.25, -0.2) is 4.98 Å². The van der Waals surface area contributed by atoms with Crippen molar-refractivity contribution in [2.24, 2.45) is 0 Å². The Kier molecular flexibility index (Phi) is 5.99. The molecule has 0 radical (unpaired) electrons. The lowest BCUT2D eigenvalue weighted by Gasteiger charge is -2.29. The number of aromatic nitrogens is 1. The predicted molar refractivity (Wildman–Crippen MR) is 142 cm³/mol. The number of hydrogen-bond donors (Lipinski definition) is 3. The van der Waals surface area contributed by atoms with Crippen molar-refractivity contribution in [2.75, 3.05) is 0 Å². The Balaban J connectivity index is 1.51. The molecule has 3 N–H and O–H groups in total. The van der Waals surface area contributed by atoms with Crippen LogP contribution in [0, 0.1) is 13.8 Å². The van der Waals surface area contributed by atoms with Crippen LogP contribution >= 0.6 is 11.3 Å². The van der Waals surface area contributed by atoms with Crippen molar-refractivity contribution in [3.8, 4) is 27.8 Å². The summed E-state index contributed by atoms with van der Waals surface area (Å²) in [7, 11) is 0. The van der Waals surface area contributed by atoms with Crippen LogP contribution in [0.15, 0.2) is 52.8 Å². The Morgan fingerprint density at radius 2 is 1.89 bits per heavy atom. The maximum Gasteiger partial charge on any atom is 0.194 e. The van der Waals surface area contributed by atoms with Gasteiger partial charge < -0.3 is 20.3 Å². The number of aryl methyl sites for hydroxylation is 1. The van der Waals surface area contributed by atoms with Gasteiger partial charge in [-0.15, -0.1) is 11.3 Å². The minimum atomic E-state index is -1.54. The van der Waals surface area contributed by atoms with Crippen LogP contribution in [-0.2, 0) is 21.5 Å². The standard InChI is InChI=1S/C29H26N2O6S/c1-13-12-38-28(31-13)18-8-6-7-17(9-18)11-30-15(3)21-19(33)10-20-29(5,27(21)36)23-25(35)14(2)24(34)22(16(4)32)26(23)37-20/h6-10,12,30,34-35H,11H2,1-5H3/t29-/m0/s1. The van der Waals surface area contributed by atoms with Crippen molar-refractivity contribution in [3.63, 3.8) is 0 Å². The molecule has 3 aromatic rings. The average molecular weight is 531 g/mol. The summed E-state index contributed by atoms with van der Waals surface area (Å²) in [4.78, 5) is 43.9. The molecule has 0 spiro atoms. The number of carbonyl (C=O) groups is 3. The summed E-state index contributed by atoms with van der Waals surface area (Å²) in [5.74, 6) is -2.47. The number of phenols is 2. The molecule has 2 aliphatic rings. The predicted octanol–water partition coefficient (Wildman–Crippen LogP) is 4.79. The van der Waals surface area contributed by atoms with E-state index in [1.807, 2.05) is 36.6 Å². The Bertz CT molecular complexity index is 1630. The maximum atomic E-state index is 13.9. The highest BCUT2D eigenvalue weighted by molar-refractivity contribution is 7.13. The van der Waals surface area contributed by atoms with E-state index in [1.54, 1.807) is 25.2 Å². The monoisotopic (exact) mass is 530 g/mol. The summed E-state index contributed by atoms with van der Waals surface area (Å²) in [6.07, 6.45) is 1.21. The summed E-state index contributed by atoms with van der Waals surface area (Å²) in [5, 5.41) is 27.5. The molecule has 9 heteroatoms. The van der Waals surface area contributed by atoms with Crippen LogP contribution in [0.25, 0.3) is 10.6 Å². The van der Waals surface area contributed by atoms with E-state index in [4.69, 9.17) is 4.74 Å². The zero-order valence-corrected chi connectivity index (χ0v) is 22.4. The Hall–Kier alpha value is -4.24. The van der Waals surface area contributed by atoms with Crippen LogP contribution in [-0.4, -0.2) is 32.5 Å². The van der Waals surface area contributed by atoms with Crippen molar-refractivity contribution in [1.82, 2.24) is 10.3 Å². The van der Waals surface area contributed by atoms with Gasteiger partial charge in [-0.05, 0) is 46.2 Å². The third kappa shape index (κ3) is 3.73. The molecule has 0 fully saturated rings. The van der Waals surface area contributed by atoms with E-state index in [1.165, 1.54) is 19.9 Å². The first-order chi connectivity index (χ1) is 17.9. The van der Waals surface area contributed by atoms with Gasteiger partial charge in [0.1, 0.15) is 39.0 Å². The van der Waals surface area contributed by atoms with Crippen LogP contribution in [0.3, 0.4) is 0 Å². The van der Waals surface area contributed by atoms with Gasteiger partial charge in [0.15, 0.2) is 17.3 Å². The summed E-state index contributed by atoms with van der Waals surface area (Å²) in [5.41, 5.74) is 1.63. The van der Waals surface area contributed by atoms with E-state index in [2.05, 4.69) is 10.3 Å². The Labute approximate surface area is 223 Å². The fourth-order valence-electron chi connectivity index (χ4n) is 4.99. The minimum Gasteiger partial charge on any atom is -0.507 e. The molecule has 1 aromatic heterocycles. The summed E-state index contributed by atoms with van der Waals surface area (Å²) in [6, 6.07) is 7.85. The molecule has 0 saturated carbocycles. The number of thiazole rings is 1. The third-order valence-electron chi connectivity index (χ3n) is 7.11. The number of phenolic OH excluding ortho intramolecular Hbond substituents is 2. The molecule has 194 valence electrons. The van der Waals surface area contributed by atoms with Crippen molar-refractivity contribution in [1.29, 1.82) is 0 Å². The zero-order chi connectivity index (χ0) is 27.5. The average Bonchev–Trinajstić information content (AvgIpc) is 3.43. The van der Waals surface area contributed by atoms with Gasteiger partial charge in [0, 0.05) is 40.5 Å². The summed E-state index contributed by atoms with van der Waals surface area (Å²) in [6.45, 7) is 8.21. The van der Waals surface area contributed by atoms with E-state index in [9.17, 15) is 24.6 Å². The highest BCUT2D eigenvalue weighted by Gasteiger charge is 2.56. The van der Waals surface area contributed by atoms with E-state index >= 15 is 0 Å². The number of Topliss-reactive ketones (excluding diaryl/α,β-unsaturated/α-hetero) is 2. The molecule has 0 bridgehead atoms. The van der Waals surface area contributed by atoms with Crippen molar-refractivity contribution < 1.29 is 29.3 Å². The number of carbonyl (C=O) groups excluding carboxylic acids is 3. The third-order valence-corrected chi connectivity index (χ3v) is 8.12. The van der Waals surface area contributed by atoms with Gasteiger partial charge in [-0.1, -0.05) is 18.2 Å². The summed E-state index contributed by atoms with van der Waals surface area (Å²) < 4.78 is 5.81. The second kappa shape index (κ2) is 8.95. The number of ether oxygens (including phenoxy) is 1.